The lowest BCUT2D eigenvalue weighted by molar-refractivity contribution is -0.137. The van der Waals surface area contributed by atoms with Crippen LogP contribution in [0.25, 0.3) is 23.0 Å². The van der Waals surface area contributed by atoms with Crippen LogP contribution in [0.5, 0.6) is 0 Å². The van der Waals surface area contributed by atoms with Crippen LogP contribution >= 0.6 is 35.6 Å². The summed E-state index contributed by atoms with van der Waals surface area (Å²) in [7, 11) is 0. The highest BCUT2D eigenvalue weighted by atomic mass is 35.5. The van der Waals surface area contributed by atoms with Crippen LogP contribution in [0.15, 0.2) is 65.7 Å². The maximum atomic E-state index is 13.0. The van der Waals surface area contributed by atoms with Crippen molar-refractivity contribution in [2.75, 3.05) is 6.54 Å². The molecule has 1 N–H and O–H groups in total. The first-order chi connectivity index (χ1) is 15.9. The molecule has 168 valence electrons. The van der Waals surface area contributed by atoms with Gasteiger partial charge >= 0.3 is 5.97 Å². The van der Waals surface area contributed by atoms with Gasteiger partial charge in [0.15, 0.2) is 0 Å². The maximum Gasteiger partial charge on any atom is 0.303 e. The van der Waals surface area contributed by atoms with Crippen molar-refractivity contribution in [1.29, 1.82) is 0 Å². The SMILES string of the molecule is O=C(O)CCCCN1C(=O)/C(=C/c2cn(-c3ccccc3)nc2-c2ccc(Cl)cc2)SC1=S. The fraction of sp³-hybridized carbons (Fsp3) is 0.167. The number of aromatic nitrogens is 2. The summed E-state index contributed by atoms with van der Waals surface area (Å²) in [4.78, 5) is 25.8. The molecule has 1 aliphatic rings. The van der Waals surface area contributed by atoms with E-state index in [2.05, 4.69) is 0 Å². The van der Waals surface area contributed by atoms with E-state index in [-0.39, 0.29) is 12.3 Å². The van der Waals surface area contributed by atoms with E-state index in [1.807, 2.05) is 54.7 Å². The van der Waals surface area contributed by atoms with Crippen molar-refractivity contribution in [3.63, 3.8) is 0 Å². The zero-order chi connectivity index (χ0) is 23.4. The summed E-state index contributed by atoms with van der Waals surface area (Å²) in [6.07, 6.45) is 4.85. The Kier molecular flexibility index (Phi) is 7.27. The minimum absolute atomic E-state index is 0.0771. The van der Waals surface area contributed by atoms with Crippen LogP contribution in [-0.2, 0) is 9.59 Å². The summed E-state index contributed by atoms with van der Waals surface area (Å²) in [5.41, 5.74) is 3.29. The molecule has 2 aromatic carbocycles. The molecule has 0 unspecified atom stereocenters. The predicted octanol–water partition coefficient (Wildman–Crippen LogP) is 5.65. The number of aliphatic carboxylic acids is 1. The molecule has 2 heterocycles. The lowest BCUT2D eigenvalue weighted by Crippen LogP contribution is -2.29. The van der Waals surface area contributed by atoms with Gasteiger partial charge < -0.3 is 5.11 Å². The fourth-order valence-corrected chi connectivity index (χ4v) is 4.84. The lowest BCUT2D eigenvalue weighted by atomic mass is 10.1. The minimum Gasteiger partial charge on any atom is -0.481 e. The first-order valence-electron chi connectivity index (χ1n) is 10.3. The number of unbranched alkanes of at least 4 members (excludes halogenated alkanes) is 1. The third kappa shape index (κ3) is 5.52. The van der Waals surface area contributed by atoms with Crippen LogP contribution < -0.4 is 0 Å². The molecule has 0 saturated carbocycles. The van der Waals surface area contributed by atoms with Crippen LogP contribution in [0.1, 0.15) is 24.8 Å². The number of benzene rings is 2. The van der Waals surface area contributed by atoms with Crippen molar-refractivity contribution in [2.24, 2.45) is 0 Å². The van der Waals surface area contributed by atoms with Gasteiger partial charge in [0.1, 0.15) is 4.32 Å². The smallest absolute Gasteiger partial charge is 0.303 e. The molecule has 9 heteroatoms. The molecular weight excluding hydrogens is 478 g/mol. The van der Waals surface area contributed by atoms with E-state index in [1.54, 1.807) is 16.8 Å². The van der Waals surface area contributed by atoms with Crippen molar-refractivity contribution in [3.8, 4) is 16.9 Å². The Hall–Kier alpha value is -2.94. The number of carboxylic acid groups (broad SMARTS) is 1. The number of halogens is 1. The molecule has 0 aliphatic carbocycles. The van der Waals surface area contributed by atoms with Crippen molar-refractivity contribution in [1.82, 2.24) is 14.7 Å². The molecule has 0 spiro atoms. The van der Waals surface area contributed by atoms with Crippen LogP contribution in [0.2, 0.25) is 5.02 Å². The zero-order valence-corrected chi connectivity index (χ0v) is 19.9. The van der Waals surface area contributed by atoms with Crippen molar-refractivity contribution in [2.45, 2.75) is 19.3 Å². The summed E-state index contributed by atoms with van der Waals surface area (Å²) in [5.74, 6) is -1.01. The highest BCUT2D eigenvalue weighted by Gasteiger charge is 2.32. The number of hydrogen-bond donors (Lipinski definition) is 1. The van der Waals surface area contributed by atoms with E-state index in [0.717, 1.165) is 22.5 Å². The number of carboxylic acids is 1. The topological polar surface area (TPSA) is 75.4 Å². The Labute approximate surface area is 205 Å². The van der Waals surface area contributed by atoms with E-state index in [9.17, 15) is 9.59 Å². The summed E-state index contributed by atoms with van der Waals surface area (Å²) < 4.78 is 2.26. The van der Waals surface area contributed by atoms with Gasteiger partial charge in [0.25, 0.3) is 5.91 Å². The number of amides is 1. The largest absolute Gasteiger partial charge is 0.481 e. The Morgan fingerprint density at radius 2 is 1.85 bits per heavy atom. The molecule has 1 amide bonds. The Bertz CT molecular complexity index is 1220. The molecular formula is C24H20ClN3O3S2. The molecule has 1 aromatic heterocycles. The van der Waals surface area contributed by atoms with E-state index < -0.39 is 5.97 Å². The highest BCUT2D eigenvalue weighted by Crippen LogP contribution is 2.35. The van der Waals surface area contributed by atoms with Gasteiger partial charge in [-0.2, -0.15) is 5.10 Å². The first-order valence-corrected chi connectivity index (χ1v) is 11.9. The van der Waals surface area contributed by atoms with E-state index in [4.69, 9.17) is 34.0 Å². The second kappa shape index (κ2) is 10.3. The third-order valence-corrected chi connectivity index (χ3v) is 6.69. The molecule has 0 atom stereocenters. The van der Waals surface area contributed by atoms with Gasteiger partial charge in [-0.1, -0.05) is 65.9 Å². The van der Waals surface area contributed by atoms with Crippen LogP contribution in [0.3, 0.4) is 0 Å². The number of thioether (sulfide) groups is 1. The molecule has 1 saturated heterocycles. The second-order valence-corrected chi connectivity index (χ2v) is 9.52. The van der Waals surface area contributed by atoms with E-state index in [1.165, 1.54) is 16.7 Å². The number of rotatable bonds is 8. The normalized spacial score (nSPS) is 14.9. The fourth-order valence-electron chi connectivity index (χ4n) is 3.42. The average Bonchev–Trinajstić information content (AvgIpc) is 3.34. The molecule has 3 aromatic rings. The summed E-state index contributed by atoms with van der Waals surface area (Å²) in [6, 6.07) is 17.1. The van der Waals surface area contributed by atoms with Gasteiger partial charge in [0.05, 0.1) is 16.3 Å². The van der Waals surface area contributed by atoms with Gasteiger partial charge in [-0.05, 0) is 43.2 Å². The van der Waals surface area contributed by atoms with Gasteiger partial charge in [0.2, 0.25) is 0 Å². The summed E-state index contributed by atoms with van der Waals surface area (Å²) >= 11 is 12.7. The van der Waals surface area contributed by atoms with Gasteiger partial charge in [-0.15, -0.1) is 0 Å². The first kappa shape index (κ1) is 23.2. The summed E-state index contributed by atoms with van der Waals surface area (Å²) in [5, 5.41) is 14.2. The van der Waals surface area contributed by atoms with Crippen molar-refractivity contribution < 1.29 is 14.7 Å². The second-order valence-electron chi connectivity index (χ2n) is 7.40. The average molecular weight is 498 g/mol. The zero-order valence-electron chi connectivity index (χ0n) is 17.5. The quantitative estimate of drug-likeness (QED) is 0.246. The van der Waals surface area contributed by atoms with Crippen LogP contribution in [0, 0.1) is 0 Å². The van der Waals surface area contributed by atoms with Crippen LogP contribution in [-0.4, -0.2) is 42.5 Å². The number of hydrogen-bond acceptors (Lipinski definition) is 5. The number of thiocarbonyl (C=S) groups is 1. The lowest BCUT2D eigenvalue weighted by Gasteiger charge is -2.13. The number of para-hydroxylation sites is 1. The maximum absolute atomic E-state index is 13.0. The molecule has 1 fully saturated rings. The standard InChI is InChI=1S/C24H20ClN3O3S2/c25-18-11-9-16(10-12-18)22-17(15-28(26-22)19-6-2-1-3-7-19)14-20-23(31)27(24(32)33-20)13-5-4-8-21(29)30/h1-3,6-7,9-12,14-15H,4-5,8,13H2,(H,29,30)/b20-14-. The molecule has 4 rings (SSSR count). The Morgan fingerprint density at radius 1 is 1.12 bits per heavy atom. The van der Waals surface area contributed by atoms with Gasteiger partial charge in [-0.25, -0.2) is 4.68 Å². The highest BCUT2D eigenvalue weighted by molar-refractivity contribution is 8.26. The Morgan fingerprint density at radius 3 is 2.55 bits per heavy atom. The van der Waals surface area contributed by atoms with Crippen LogP contribution in [0.4, 0.5) is 0 Å². The molecule has 0 bridgehead atoms. The molecule has 1 aliphatic heterocycles. The van der Waals surface area contributed by atoms with Gasteiger partial charge in [-0.3, -0.25) is 14.5 Å². The summed E-state index contributed by atoms with van der Waals surface area (Å²) in [6.45, 7) is 0.405. The number of nitrogens with zero attached hydrogens (tertiary/aromatic N) is 3. The molecule has 6 nitrogen and oxygen atoms in total. The monoisotopic (exact) mass is 497 g/mol. The molecule has 33 heavy (non-hydrogen) atoms. The van der Waals surface area contributed by atoms with E-state index >= 15 is 0 Å². The Balaban J connectivity index is 1.64. The van der Waals surface area contributed by atoms with E-state index in [0.29, 0.717) is 33.6 Å². The third-order valence-electron chi connectivity index (χ3n) is 5.06. The number of carbonyl (C=O) groups is 2. The minimum atomic E-state index is -0.842. The molecule has 0 radical (unpaired) electrons. The van der Waals surface area contributed by atoms with Crippen molar-refractivity contribution in [3.05, 3.63) is 76.3 Å². The van der Waals surface area contributed by atoms with Crippen molar-refractivity contribution >= 4 is 57.9 Å². The number of carbonyl (C=O) groups excluding carboxylic acids is 1. The van der Waals surface area contributed by atoms with Gasteiger partial charge in [0, 0.05) is 35.3 Å². The predicted molar refractivity (Wildman–Crippen MR) is 135 cm³/mol.